The number of hydrogen-bond donors (Lipinski definition) is 2. The van der Waals surface area contributed by atoms with Crippen LogP contribution in [0.4, 0.5) is 18.9 Å². The molecule has 0 radical (unpaired) electrons. The molecule has 0 spiro atoms. The van der Waals surface area contributed by atoms with Gasteiger partial charge in [-0.25, -0.2) is 13.2 Å². The molecule has 0 fully saturated rings. The lowest BCUT2D eigenvalue weighted by Crippen LogP contribution is -2.33. The zero-order valence-electron chi connectivity index (χ0n) is 17.5. The number of benzene rings is 2. The molecule has 0 saturated carbocycles. The molecule has 2 amide bonds. The lowest BCUT2D eigenvalue weighted by atomic mass is 10.1. The maximum absolute atomic E-state index is 13.5. The van der Waals surface area contributed by atoms with Crippen LogP contribution in [-0.2, 0) is 17.8 Å². The van der Waals surface area contributed by atoms with Gasteiger partial charge in [-0.05, 0) is 41.0 Å². The van der Waals surface area contributed by atoms with Gasteiger partial charge >= 0.3 is 0 Å². The number of carbonyl (C=O) groups is 2. The number of nitrogens with zero attached hydrogens (tertiary/aromatic N) is 1. The van der Waals surface area contributed by atoms with Gasteiger partial charge in [-0.1, -0.05) is 35.9 Å². The first-order valence-electron chi connectivity index (χ1n) is 10.1. The number of amides is 2. The van der Waals surface area contributed by atoms with E-state index in [1.54, 1.807) is 12.2 Å². The van der Waals surface area contributed by atoms with Gasteiger partial charge < -0.3 is 15.2 Å². The van der Waals surface area contributed by atoms with Gasteiger partial charge in [-0.2, -0.15) is 0 Å². The lowest BCUT2D eigenvalue weighted by Gasteiger charge is -2.10. The van der Waals surface area contributed by atoms with Crippen LogP contribution < -0.4 is 16.2 Å². The van der Waals surface area contributed by atoms with Crippen LogP contribution in [0, 0.1) is 17.5 Å². The van der Waals surface area contributed by atoms with Gasteiger partial charge in [-0.15, -0.1) is 0 Å². The monoisotopic (exact) mass is 487 g/mol. The van der Waals surface area contributed by atoms with Gasteiger partial charge in [0.1, 0.15) is 5.56 Å². The predicted molar refractivity (Wildman–Crippen MR) is 121 cm³/mol. The smallest absolute Gasteiger partial charge is 0.263 e. The Morgan fingerprint density at radius 3 is 2.59 bits per heavy atom. The maximum atomic E-state index is 13.5. The summed E-state index contributed by atoms with van der Waals surface area (Å²) in [7, 11) is 0. The van der Waals surface area contributed by atoms with Crippen LogP contribution in [0.1, 0.15) is 27.0 Å². The molecule has 0 atom stereocenters. The summed E-state index contributed by atoms with van der Waals surface area (Å²) in [5.41, 5.74) is 1.48. The molecule has 34 heavy (non-hydrogen) atoms. The Balaban J connectivity index is 1.45. The fraction of sp³-hybridized carbons (Fsp3) is 0.125. The Labute approximate surface area is 196 Å². The highest BCUT2D eigenvalue weighted by Crippen LogP contribution is 2.24. The van der Waals surface area contributed by atoms with Crippen LogP contribution in [0.3, 0.4) is 0 Å². The van der Waals surface area contributed by atoms with Crippen molar-refractivity contribution in [2.45, 2.75) is 13.0 Å². The molecule has 2 heterocycles. The highest BCUT2D eigenvalue weighted by atomic mass is 35.5. The largest absolute Gasteiger partial charge is 0.348 e. The highest BCUT2D eigenvalue weighted by molar-refractivity contribution is 6.30. The zero-order chi connectivity index (χ0) is 24.4. The Morgan fingerprint density at radius 2 is 1.85 bits per heavy atom. The van der Waals surface area contributed by atoms with Gasteiger partial charge in [0, 0.05) is 18.4 Å². The minimum Gasteiger partial charge on any atom is -0.348 e. The quantitative estimate of drug-likeness (QED) is 0.517. The summed E-state index contributed by atoms with van der Waals surface area (Å²) in [5.74, 6) is -5.14. The normalized spacial score (nSPS) is 12.6. The summed E-state index contributed by atoms with van der Waals surface area (Å²) in [5, 5.41) is 5.39. The summed E-state index contributed by atoms with van der Waals surface area (Å²) in [6, 6.07) is 8.22. The Hall–Kier alpha value is -3.85. The van der Waals surface area contributed by atoms with Crippen molar-refractivity contribution >= 4 is 35.2 Å². The molecular weight excluding hydrogens is 471 g/mol. The molecule has 10 heteroatoms. The van der Waals surface area contributed by atoms with E-state index in [0.29, 0.717) is 6.42 Å². The van der Waals surface area contributed by atoms with E-state index < -0.39 is 28.9 Å². The van der Waals surface area contributed by atoms with Crippen molar-refractivity contribution in [3.63, 3.8) is 0 Å². The summed E-state index contributed by atoms with van der Waals surface area (Å²) >= 11 is 6.03. The molecule has 0 bridgehead atoms. The van der Waals surface area contributed by atoms with E-state index in [9.17, 15) is 27.6 Å². The van der Waals surface area contributed by atoms with Gasteiger partial charge in [-0.3, -0.25) is 14.4 Å². The Morgan fingerprint density at radius 1 is 1.12 bits per heavy atom. The highest BCUT2D eigenvalue weighted by Gasteiger charge is 2.17. The van der Waals surface area contributed by atoms with E-state index in [-0.39, 0.29) is 35.1 Å². The minimum atomic E-state index is -1.61. The first kappa shape index (κ1) is 23.3. The number of halogens is 4. The molecular formula is C24H17ClF3N3O3. The first-order valence-corrected chi connectivity index (χ1v) is 10.5. The molecule has 2 N–H and O–H groups in total. The van der Waals surface area contributed by atoms with Crippen molar-refractivity contribution in [2.24, 2.45) is 0 Å². The van der Waals surface area contributed by atoms with Crippen LogP contribution in [0.2, 0.25) is 5.02 Å². The van der Waals surface area contributed by atoms with Crippen molar-refractivity contribution in [3.05, 3.63) is 104 Å². The first-order chi connectivity index (χ1) is 16.2. The third-order valence-electron chi connectivity index (χ3n) is 5.14. The standard InChI is InChI=1S/C24H17ClF3N3O3/c25-16-10-17(24(34)31(12-16)11-14-6-18(26)22(28)19(27)7-14)23(33)29-5-1-2-13-3-4-15-9-21(32)30-20(15)8-13/h1-4,6-8,10,12H,5,9,11H2,(H,29,33)(H,30,32)/b2-1+. The van der Waals surface area contributed by atoms with E-state index >= 15 is 0 Å². The van der Waals surface area contributed by atoms with Crippen molar-refractivity contribution in [1.82, 2.24) is 9.88 Å². The summed E-state index contributed by atoms with van der Waals surface area (Å²) in [4.78, 5) is 36.7. The van der Waals surface area contributed by atoms with E-state index in [0.717, 1.165) is 33.5 Å². The molecule has 2 aromatic carbocycles. The summed E-state index contributed by atoms with van der Waals surface area (Å²) < 4.78 is 41.2. The topological polar surface area (TPSA) is 80.2 Å². The fourth-order valence-corrected chi connectivity index (χ4v) is 3.78. The Bertz CT molecular complexity index is 1380. The van der Waals surface area contributed by atoms with Crippen LogP contribution in [-0.4, -0.2) is 22.9 Å². The minimum absolute atomic E-state index is 0.0133. The predicted octanol–water partition coefficient (Wildman–Crippen LogP) is 3.91. The molecule has 0 unspecified atom stereocenters. The molecule has 0 aliphatic carbocycles. The number of carbonyl (C=O) groups excluding carboxylic acids is 2. The number of nitrogens with one attached hydrogen (secondary N) is 2. The molecule has 3 aromatic rings. The third kappa shape index (κ3) is 5.04. The van der Waals surface area contributed by atoms with Crippen LogP contribution in [0.15, 0.2) is 53.5 Å². The fourth-order valence-electron chi connectivity index (χ4n) is 3.55. The van der Waals surface area contributed by atoms with E-state index in [1.807, 2.05) is 18.2 Å². The Kier molecular flexibility index (Phi) is 6.56. The molecule has 1 aliphatic rings. The van der Waals surface area contributed by atoms with Gasteiger partial charge in [0.25, 0.3) is 11.5 Å². The van der Waals surface area contributed by atoms with E-state index in [2.05, 4.69) is 10.6 Å². The summed E-state index contributed by atoms with van der Waals surface area (Å²) in [6.45, 7) is -0.217. The van der Waals surface area contributed by atoms with Crippen molar-refractivity contribution in [1.29, 1.82) is 0 Å². The average molecular weight is 488 g/mol. The van der Waals surface area contributed by atoms with E-state index in [4.69, 9.17) is 11.6 Å². The lowest BCUT2D eigenvalue weighted by molar-refractivity contribution is -0.115. The number of fused-ring (bicyclic) bond motifs is 1. The number of rotatable bonds is 6. The van der Waals surface area contributed by atoms with Crippen molar-refractivity contribution in [2.75, 3.05) is 11.9 Å². The maximum Gasteiger partial charge on any atom is 0.263 e. The summed E-state index contributed by atoms with van der Waals surface area (Å²) in [6.07, 6.45) is 4.98. The van der Waals surface area contributed by atoms with Gasteiger partial charge in [0.2, 0.25) is 5.91 Å². The van der Waals surface area contributed by atoms with Gasteiger partial charge in [0.05, 0.1) is 18.0 Å². The second kappa shape index (κ2) is 9.56. The number of anilines is 1. The number of aromatic nitrogens is 1. The van der Waals surface area contributed by atoms with Crippen molar-refractivity contribution in [3.8, 4) is 0 Å². The van der Waals surface area contributed by atoms with Gasteiger partial charge in [0.15, 0.2) is 17.5 Å². The molecule has 6 nitrogen and oxygen atoms in total. The van der Waals surface area contributed by atoms with Crippen LogP contribution in [0.25, 0.3) is 6.08 Å². The second-order valence-corrected chi connectivity index (χ2v) is 8.07. The second-order valence-electron chi connectivity index (χ2n) is 7.63. The molecule has 1 aliphatic heterocycles. The number of hydrogen-bond acceptors (Lipinski definition) is 3. The molecule has 174 valence electrons. The van der Waals surface area contributed by atoms with E-state index in [1.165, 1.54) is 12.3 Å². The third-order valence-corrected chi connectivity index (χ3v) is 5.35. The SMILES string of the molecule is O=C1Cc2ccc(/C=C/CNC(=O)c3cc(Cl)cn(Cc4cc(F)c(F)c(F)c4)c3=O)cc2N1. The number of pyridine rings is 1. The van der Waals surface area contributed by atoms with Crippen LogP contribution >= 0.6 is 11.6 Å². The van der Waals surface area contributed by atoms with Crippen LogP contribution in [0.5, 0.6) is 0 Å². The molecule has 0 saturated heterocycles. The average Bonchev–Trinajstić information content (AvgIpc) is 3.16. The molecule has 4 rings (SSSR count). The molecule has 1 aromatic heterocycles. The zero-order valence-corrected chi connectivity index (χ0v) is 18.3. The van der Waals surface area contributed by atoms with Crippen molar-refractivity contribution < 1.29 is 22.8 Å².